The molecule has 1 unspecified atom stereocenters. The summed E-state index contributed by atoms with van der Waals surface area (Å²) in [7, 11) is 0. The second kappa shape index (κ2) is 3.13. The van der Waals surface area contributed by atoms with Gasteiger partial charge in [-0.25, -0.2) is 0 Å². The van der Waals surface area contributed by atoms with Crippen molar-refractivity contribution >= 4 is 0 Å². The van der Waals surface area contributed by atoms with E-state index >= 15 is 0 Å². The van der Waals surface area contributed by atoms with Gasteiger partial charge in [-0.2, -0.15) is 0 Å². The van der Waals surface area contributed by atoms with Gasteiger partial charge in [0.05, 0.1) is 12.8 Å². The Morgan fingerprint density at radius 1 is 1.43 bits per heavy atom. The van der Waals surface area contributed by atoms with Crippen LogP contribution in [0.3, 0.4) is 0 Å². The summed E-state index contributed by atoms with van der Waals surface area (Å²) in [6.07, 6.45) is 8.89. The molecule has 0 saturated heterocycles. The van der Waals surface area contributed by atoms with Gasteiger partial charge in [-0.15, -0.1) is 0 Å². The van der Waals surface area contributed by atoms with E-state index < -0.39 is 0 Å². The molecule has 3 rings (SSSR count). The summed E-state index contributed by atoms with van der Waals surface area (Å²) in [4.78, 5) is 0. The molecule has 2 heteroatoms. The summed E-state index contributed by atoms with van der Waals surface area (Å²) in [5.74, 6) is 1.06. The van der Waals surface area contributed by atoms with Crippen LogP contribution < -0.4 is 5.32 Å². The second-order valence-corrected chi connectivity index (χ2v) is 4.77. The number of furan rings is 1. The van der Waals surface area contributed by atoms with E-state index in [1.807, 2.05) is 12.1 Å². The zero-order valence-corrected chi connectivity index (χ0v) is 8.46. The van der Waals surface area contributed by atoms with Crippen LogP contribution in [0.4, 0.5) is 0 Å². The van der Waals surface area contributed by atoms with Crippen molar-refractivity contribution in [2.45, 2.75) is 44.7 Å². The molecule has 0 radical (unpaired) electrons. The fraction of sp³-hybridized carbons (Fsp3) is 0.667. The quantitative estimate of drug-likeness (QED) is 0.794. The summed E-state index contributed by atoms with van der Waals surface area (Å²) in [5, 5.41) is 3.62. The Morgan fingerprint density at radius 3 is 2.86 bits per heavy atom. The third-order valence-electron chi connectivity index (χ3n) is 4.12. The summed E-state index contributed by atoms with van der Waals surface area (Å²) in [6, 6.07) is 4.76. The van der Waals surface area contributed by atoms with Crippen molar-refractivity contribution in [3.63, 3.8) is 0 Å². The van der Waals surface area contributed by atoms with Gasteiger partial charge in [-0.3, -0.25) is 0 Å². The van der Waals surface area contributed by atoms with Crippen LogP contribution in [-0.2, 0) is 6.54 Å². The van der Waals surface area contributed by atoms with Crippen molar-refractivity contribution in [3.8, 4) is 0 Å². The lowest BCUT2D eigenvalue weighted by atomic mass is 9.53. The Bertz CT molecular complexity index is 295. The van der Waals surface area contributed by atoms with Crippen molar-refractivity contribution in [3.05, 3.63) is 24.2 Å². The molecule has 0 aliphatic heterocycles. The minimum Gasteiger partial charge on any atom is -0.468 e. The first-order chi connectivity index (χ1) is 6.89. The lowest BCUT2D eigenvalue weighted by molar-refractivity contribution is -0.0188. The molecule has 14 heavy (non-hydrogen) atoms. The first-order valence-electron chi connectivity index (χ1n) is 5.65. The van der Waals surface area contributed by atoms with Crippen molar-refractivity contribution in [2.24, 2.45) is 5.41 Å². The summed E-state index contributed by atoms with van der Waals surface area (Å²) >= 11 is 0. The van der Waals surface area contributed by atoms with Crippen LogP contribution in [0.15, 0.2) is 22.8 Å². The van der Waals surface area contributed by atoms with Crippen LogP contribution in [0.5, 0.6) is 0 Å². The van der Waals surface area contributed by atoms with Crippen molar-refractivity contribution in [2.75, 3.05) is 0 Å². The van der Waals surface area contributed by atoms with Gasteiger partial charge in [0.15, 0.2) is 0 Å². The molecule has 0 amide bonds. The van der Waals surface area contributed by atoms with E-state index in [1.165, 1.54) is 32.1 Å². The normalized spacial score (nSPS) is 28.4. The van der Waals surface area contributed by atoms with E-state index in [0.29, 0.717) is 5.41 Å². The van der Waals surface area contributed by atoms with Crippen molar-refractivity contribution < 1.29 is 4.42 Å². The largest absolute Gasteiger partial charge is 0.468 e. The molecular weight excluding hydrogens is 174 g/mol. The molecule has 2 nitrogen and oxygen atoms in total. The highest BCUT2D eigenvalue weighted by Gasteiger charge is 2.50. The van der Waals surface area contributed by atoms with E-state index in [2.05, 4.69) is 5.32 Å². The molecule has 2 aliphatic rings. The Morgan fingerprint density at radius 2 is 2.36 bits per heavy atom. The Labute approximate surface area is 84.7 Å². The highest BCUT2D eigenvalue weighted by molar-refractivity contribution is 5.06. The molecule has 2 fully saturated rings. The highest BCUT2D eigenvalue weighted by atomic mass is 16.3. The van der Waals surface area contributed by atoms with Gasteiger partial charge in [-0.1, -0.05) is 6.42 Å². The van der Waals surface area contributed by atoms with Gasteiger partial charge in [-0.05, 0) is 43.2 Å². The lowest BCUT2D eigenvalue weighted by Crippen LogP contribution is -2.56. The van der Waals surface area contributed by atoms with Crippen LogP contribution in [0.25, 0.3) is 0 Å². The summed E-state index contributed by atoms with van der Waals surface area (Å²) < 4.78 is 5.31. The van der Waals surface area contributed by atoms with E-state index in [9.17, 15) is 0 Å². The van der Waals surface area contributed by atoms with Crippen LogP contribution in [0.1, 0.15) is 37.9 Å². The van der Waals surface area contributed by atoms with Crippen molar-refractivity contribution in [1.29, 1.82) is 0 Å². The lowest BCUT2D eigenvalue weighted by Gasteiger charge is -2.56. The van der Waals surface area contributed by atoms with E-state index in [-0.39, 0.29) is 0 Å². The van der Waals surface area contributed by atoms with Crippen LogP contribution >= 0.6 is 0 Å². The van der Waals surface area contributed by atoms with Crippen molar-refractivity contribution in [1.82, 2.24) is 5.32 Å². The van der Waals surface area contributed by atoms with Crippen LogP contribution in [-0.4, -0.2) is 6.04 Å². The predicted octanol–water partition coefficient (Wildman–Crippen LogP) is 2.70. The third kappa shape index (κ3) is 1.21. The minimum absolute atomic E-state index is 0.701. The molecule has 1 atom stereocenters. The average molecular weight is 191 g/mol. The third-order valence-corrected chi connectivity index (χ3v) is 4.12. The molecule has 1 aromatic heterocycles. The fourth-order valence-electron chi connectivity index (χ4n) is 2.88. The zero-order valence-electron chi connectivity index (χ0n) is 8.46. The van der Waals surface area contributed by atoms with Gasteiger partial charge in [0.2, 0.25) is 0 Å². The summed E-state index contributed by atoms with van der Waals surface area (Å²) in [5.41, 5.74) is 0.701. The fourth-order valence-corrected chi connectivity index (χ4v) is 2.88. The average Bonchev–Trinajstić information content (AvgIpc) is 2.52. The zero-order chi connectivity index (χ0) is 9.43. The van der Waals surface area contributed by atoms with Gasteiger partial charge < -0.3 is 9.73 Å². The Hall–Kier alpha value is -0.760. The number of hydrogen-bond donors (Lipinski definition) is 1. The number of hydrogen-bond acceptors (Lipinski definition) is 2. The maximum Gasteiger partial charge on any atom is 0.117 e. The molecule has 76 valence electrons. The highest BCUT2D eigenvalue weighted by Crippen LogP contribution is 2.55. The number of nitrogens with one attached hydrogen (secondary N) is 1. The molecule has 1 N–H and O–H groups in total. The minimum atomic E-state index is 0.701. The number of rotatable bonds is 3. The van der Waals surface area contributed by atoms with Gasteiger partial charge in [0, 0.05) is 6.04 Å². The maximum atomic E-state index is 5.31. The van der Waals surface area contributed by atoms with Crippen LogP contribution in [0, 0.1) is 5.41 Å². The molecule has 2 aliphatic carbocycles. The molecule has 1 aromatic rings. The van der Waals surface area contributed by atoms with E-state index in [4.69, 9.17) is 4.42 Å². The monoisotopic (exact) mass is 191 g/mol. The molecule has 2 saturated carbocycles. The predicted molar refractivity (Wildman–Crippen MR) is 54.9 cm³/mol. The maximum absolute atomic E-state index is 5.31. The summed E-state index contributed by atoms with van der Waals surface area (Å²) in [6.45, 7) is 0.902. The van der Waals surface area contributed by atoms with Gasteiger partial charge in [0.25, 0.3) is 0 Å². The Kier molecular flexibility index (Phi) is 1.91. The van der Waals surface area contributed by atoms with Gasteiger partial charge in [0.1, 0.15) is 5.76 Å². The molecular formula is C12H17NO. The molecule has 1 spiro atoms. The molecule has 1 heterocycles. The van der Waals surface area contributed by atoms with E-state index in [1.54, 1.807) is 6.26 Å². The first-order valence-corrected chi connectivity index (χ1v) is 5.65. The molecule has 0 bridgehead atoms. The smallest absolute Gasteiger partial charge is 0.117 e. The van der Waals surface area contributed by atoms with Crippen LogP contribution in [0.2, 0.25) is 0 Å². The Balaban J connectivity index is 1.54. The molecule has 0 aromatic carbocycles. The second-order valence-electron chi connectivity index (χ2n) is 4.77. The SMILES string of the molecule is c1coc(CNC2CCC23CCC3)c1. The van der Waals surface area contributed by atoms with E-state index in [0.717, 1.165) is 18.3 Å². The van der Waals surface area contributed by atoms with Gasteiger partial charge >= 0.3 is 0 Å². The first kappa shape index (κ1) is 8.54. The topological polar surface area (TPSA) is 25.2 Å². The standard InChI is InChI=1S/C12H17NO/c1-3-10(14-8-1)9-13-11-4-7-12(11)5-2-6-12/h1,3,8,11,13H,2,4-7,9H2.